The number of hydrogen-bond acceptors (Lipinski definition) is 3. The highest BCUT2D eigenvalue weighted by Gasteiger charge is 2.29. The molecule has 13 rings (SSSR count). The normalized spacial score (nSPS) is 14.5. The molecule has 280 valence electrons. The summed E-state index contributed by atoms with van der Waals surface area (Å²) >= 11 is 0. The molecule has 1 aliphatic heterocycles. The molecule has 0 spiro atoms. The molecule has 12 aromatic rings. The topological polar surface area (TPSA) is 46.6 Å². The van der Waals surface area contributed by atoms with Crippen LogP contribution >= 0.6 is 0 Å². The van der Waals surface area contributed by atoms with E-state index >= 15 is 0 Å². The van der Waals surface area contributed by atoms with Crippen molar-refractivity contribution in [3.8, 4) is 5.69 Å². The number of para-hydroxylation sites is 3. The average Bonchev–Trinajstić information content (AvgIpc) is 3.86. The molecule has 5 nitrogen and oxygen atoms in total. The van der Waals surface area contributed by atoms with Crippen LogP contribution in [0.3, 0.4) is 0 Å². The Labute approximate surface area is 344 Å². The highest BCUT2D eigenvalue weighted by Crippen LogP contribution is 2.50. The molecule has 0 fully saturated rings. The first-order valence-corrected chi connectivity index (χ1v) is 20.6. The number of nitrogens with zero attached hydrogens (tertiary/aromatic N) is 4. The lowest BCUT2D eigenvalue weighted by Crippen LogP contribution is -2.37. The van der Waals surface area contributed by atoms with Crippen molar-refractivity contribution in [2.45, 2.75) is 6.17 Å². The van der Waals surface area contributed by atoms with Gasteiger partial charge in [0.1, 0.15) is 6.17 Å². The molecule has 0 aliphatic carbocycles. The maximum atomic E-state index is 5.51. The van der Waals surface area contributed by atoms with Gasteiger partial charge in [0.25, 0.3) is 0 Å². The highest BCUT2D eigenvalue weighted by atomic mass is 15.3. The Balaban J connectivity index is 1.22. The number of aliphatic imine (C=N–C) groups is 2. The van der Waals surface area contributed by atoms with Crippen molar-refractivity contribution in [1.82, 2.24) is 14.5 Å². The van der Waals surface area contributed by atoms with Crippen molar-refractivity contribution < 1.29 is 0 Å². The van der Waals surface area contributed by atoms with E-state index < -0.39 is 0 Å². The largest absolute Gasteiger partial charge is 0.330 e. The van der Waals surface area contributed by atoms with Gasteiger partial charge in [0.05, 0.1) is 22.1 Å². The summed E-state index contributed by atoms with van der Waals surface area (Å²) in [5.41, 5.74) is 7.84. The number of rotatable bonds is 3. The van der Waals surface area contributed by atoms with Crippen LogP contribution in [0.1, 0.15) is 17.3 Å². The fourth-order valence-electron chi connectivity index (χ4n) is 10.1. The van der Waals surface area contributed by atoms with Crippen molar-refractivity contribution in [2.24, 2.45) is 9.98 Å². The van der Waals surface area contributed by atoms with Crippen molar-refractivity contribution in [2.75, 3.05) is 0 Å². The van der Waals surface area contributed by atoms with Gasteiger partial charge in [-0.2, -0.15) is 4.99 Å². The van der Waals surface area contributed by atoms with E-state index in [1.165, 1.54) is 64.9 Å². The molecule has 60 heavy (non-hydrogen) atoms. The number of benzene rings is 10. The lowest BCUT2D eigenvalue weighted by atomic mass is 9.89. The second-order valence-electron chi connectivity index (χ2n) is 15.7. The predicted molar refractivity (Wildman–Crippen MR) is 252 cm³/mol. The lowest BCUT2D eigenvalue weighted by Gasteiger charge is -2.25. The van der Waals surface area contributed by atoms with Crippen LogP contribution in [-0.2, 0) is 0 Å². The third kappa shape index (κ3) is 4.63. The SMILES string of the molecule is c1ccc(C2N=C(c3cccc4ccccc34)N=C(n3c4ccccc4c4c5c6ccccc6c6c(c7ccccc7n6-c6ccccc6)c5c5ccccc5c43)N2)cc1. The third-order valence-electron chi connectivity index (χ3n) is 12.5. The van der Waals surface area contributed by atoms with E-state index in [1.807, 2.05) is 0 Å². The van der Waals surface area contributed by atoms with Gasteiger partial charge in [-0.1, -0.05) is 176 Å². The van der Waals surface area contributed by atoms with Gasteiger partial charge in [-0.3, -0.25) is 4.57 Å². The molecular weight excluding hydrogens is 731 g/mol. The van der Waals surface area contributed by atoms with E-state index in [4.69, 9.17) is 9.98 Å². The molecule has 0 saturated carbocycles. The number of fused-ring (bicyclic) bond motifs is 16. The summed E-state index contributed by atoms with van der Waals surface area (Å²) < 4.78 is 4.83. The Morgan fingerprint density at radius 2 is 0.867 bits per heavy atom. The van der Waals surface area contributed by atoms with Gasteiger partial charge in [-0.15, -0.1) is 0 Å². The molecule has 0 saturated heterocycles. The number of aromatic nitrogens is 2. The fraction of sp³-hybridized carbons (Fsp3) is 0.0182. The summed E-state index contributed by atoms with van der Waals surface area (Å²) in [6, 6.07) is 71.9. The van der Waals surface area contributed by atoms with E-state index in [0.29, 0.717) is 5.84 Å². The number of nitrogens with one attached hydrogen (secondary N) is 1. The maximum Gasteiger partial charge on any atom is 0.211 e. The number of hydrogen-bond donors (Lipinski definition) is 1. The number of amidine groups is 1. The predicted octanol–water partition coefficient (Wildman–Crippen LogP) is 13.5. The van der Waals surface area contributed by atoms with Gasteiger partial charge in [0.15, 0.2) is 5.84 Å². The molecule has 1 aliphatic rings. The highest BCUT2D eigenvalue weighted by molar-refractivity contribution is 6.45. The van der Waals surface area contributed by atoms with Crippen molar-refractivity contribution in [3.05, 3.63) is 211 Å². The summed E-state index contributed by atoms with van der Waals surface area (Å²) in [6.45, 7) is 0. The second-order valence-corrected chi connectivity index (χ2v) is 15.7. The third-order valence-corrected chi connectivity index (χ3v) is 12.5. The van der Waals surface area contributed by atoms with Crippen molar-refractivity contribution in [1.29, 1.82) is 0 Å². The van der Waals surface area contributed by atoms with E-state index in [2.05, 4.69) is 215 Å². The molecule has 5 heteroatoms. The van der Waals surface area contributed by atoms with Gasteiger partial charge in [0, 0.05) is 54.3 Å². The zero-order valence-corrected chi connectivity index (χ0v) is 32.4. The van der Waals surface area contributed by atoms with Gasteiger partial charge >= 0.3 is 0 Å². The van der Waals surface area contributed by atoms with E-state index in [9.17, 15) is 0 Å². The lowest BCUT2D eigenvalue weighted by molar-refractivity contribution is 0.662. The zero-order chi connectivity index (χ0) is 39.3. The molecule has 1 atom stereocenters. The van der Waals surface area contributed by atoms with Crippen LogP contribution in [0.15, 0.2) is 210 Å². The minimum atomic E-state index is -0.361. The minimum absolute atomic E-state index is 0.361. The molecule has 10 aromatic carbocycles. The average molecular weight is 766 g/mol. The Morgan fingerprint density at radius 3 is 1.52 bits per heavy atom. The summed E-state index contributed by atoms with van der Waals surface area (Å²) in [4.78, 5) is 10.9. The van der Waals surface area contributed by atoms with E-state index in [-0.39, 0.29) is 6.17 Å². The Kier molecular flexibility index (Phi) is 7.01. The summed E-state index contributed by atoms with van der Waals surface area (Å²) in [5.74, 6) is 1.44. The van der Waals surface area contributed by atoms with Gasteiger partial charge in [-0.25, -0.2) is 4.99 Å². The van der Waals surface area contributed by atoms with Crippen LogP contribution in [0, 0.1) is 0 Å². The van der Waals surface area contributed by atoms with Gasteiger partial charge in [0.2, 0.25) is 5.96 Å². The van der Waals surface area contributed by atoms with Crippen LogP contribution in [0.25, 0.3) is 92.4 Å². The monoisotopic (exact) mass is 765 g/mol. The molecule has 0 amide bonds. The van der Waals surface area contributed by atoms with E-state index in [0.717, 1.165) is 44.6 Å². The van der Waals surface area contributed by atoms with Crippen LogP contribution < -0.4 is 5.32 Å². The summed E-state index contributed by atoms with van der Waals surface area (Å²) in [7, 11) is 0. The maximum absolute atomic E-state index is 5.51. The molecule has 2 aromatic heterocycles. The van der Waals surface area contributed by atoms with Crippen molar-refractivity contribution >= 4 is 98.5 Å². The molecule has 0 bridgehead atoms. The Hall–Kier alpha value is -8.02. The molecule has 1 N–H and O–H groups in total. The fourth-order valence-corrected chi connectivity index (χ4v) is 10.1. The van der Waals surface area contributed by atoms with Crippen LogP contribution in [0.2, 0.25) is 0 Å². The first-order chi connectivity index (χ1) is 29.8. The molecule has 1 unspecified atom stereocenters. The summed E-state index contributed by atoms with van der Waals surface area (Å²) in [6.07, 6.45) is -0.361. The second kappa shape index (κ2) is 12.7. The van der Waals surface area contributed by atoms with Gasteiger partial charge in [-0.05, 0) is 51.4 Å². The first-order valence-electron chi connectivity index (χ1n) is 20.6. The molecular formula is C55H35N5. The summed E-state index contributed by atoms with van der Waals surface area (Å²) in [5, 5.41) is 18.3. The Bertz CT molecular complexity index is 3790. The molecule has 0 radical (unpaired) electrons. The van der Waals surface area contributed by atoms with Crippen LogP contribution in [-0.4, -0.2) is 20.9 Å². The minimum Gasteiger partial charge on any atom is -0.330 e. The zero-order valence-electron chi connectivity index (χ0n) is 32.4. The standard InChI is InChI=1S/C55H35N5/c1-3-19-35(20-4-1)53-56-54(42-31-17-21-34-18-7-8-24-37(34)42)58-55(57-53)60-46-33-16-14-30-44(46)50-48-38-25-9-11-27-40(38)51-49(47(48)39-26-10-12-28-41(39)52(50)60)43-29-13-15-32-45(43)59(51)36-22-5-2-6-23-36/h1-33,53H,(H,56,57,58). The van der Waals surface area contributed by atoms with E-state index in [1.54, 1.807) is 0 Å². The van der Waals surface area contributed by atoms with Crippen LogP contribution in [0.5, 0.6) is 0 Å². The van der Waals surface area contributed by atoms with Crippen LogP contribution in [0.4, 0.5) is 0 Å². The Morgan fingerprint density at radius 1 is 0.383 bits per heavy atom. The van der Waals surface area contributed by atoms with Gasteiger partial charge < -0.3 is 9.88 Å². The molecule has 3 heterocycles. The quantitative estimate of drug-likeness (QED) is 0.179. The first kappa shape index (κ1) is 33.0. The van der Waals surface area contributed by atoms with Crippen molar-refractivity contribution in [3.63, 3.8) is 0 Å². The smallest absolute Gasteiger partial charge is 0.211 e.